The number of hydrogen-bond donors (Lipinski definition) is 0. The van der Waals surface area contributed by atoms with Gasteiger partial charge in [0.1, 0.15) is 0 Å². The number of halogens is 2. The van der Waals surface area contributed by atoms with Crippen LogP contribution in [0.1, 0.15) is 42.7 Å². The molecular weight excluding hydrogens is 302 g/mol. The third-order valence-electron chi connectivity index (χ3n) is 5.28. The minimum Gasteiger partial charge on any atom is -0.337 e. The van der Waals surface area contributed by atoms with Crippen molar-refractivity contribution in [1.29, 1.82) is 0 Å². The lowest BCUT2D eigenvalue weighted by molar-refractivity contribution is 0.0531. The molecule has 3 heterocycles. The van der Waals surface area contributed by atoms with Crippen molar-refractivity contribution in [2.24, 2.45) is 11.8 Å². The monoisotopic (exact) mass is 326 g/mol. The number of likely N-dealkylation sites (tertiary alicyclic amines) is 2. The van der Waals surface area contributed by atoms with E-state index in [0.717, 1.165) is 38.0 Å². The normalized spacial score (nSPS) is 22.0. The highest BCUT2D eigenvalue weighted by molar-refractivity contribution is 5.92. The Hall–Kier alpha value is -1.50. The fraction of sp³-hybridized carbons (Fsp3) is 0.750. The van der Waals surface area contributed by atoms with Gasteiger partial charge in [0.2, 0.25) is 0 Å². The average molecular weight is 326 g/mol. The molecule has 0 N–H and O–H groups in total. The van der Waals surface area contributed by atoms with Crippen molar-refractivity contribution in [3.63, 3.8) is 0 Å². The van der Waals surface area contributed by atoms with E-state index in [1.54, 1.807) is 4.90 Å². The molecule has 7 heteroatoms. The summed E-state index contributed by atoms with van der Waals surface area (Å²) in [5.74, 6) is 1.22. The first-order valence-electron chi connectivity index (χ1n) is 8.35. The molecule has 2 aliphatic rings. The number of alkyl halides is 2. The lowest BCUT2D eigenvalue weighted by Crippen LogP contribution is -2.42. The molecule has 3 rings (SSSR count). The van der Waals surface area contributed by atoms with Gasteiger partial charge in [0, 0.05) is 19.3 Å². The van der Waals surface area contributed by atoms with Gasteiger partial charge in [-0.25, -0.2) is 4.68 Å². The van der Waals surface area contributed by atoms with E-state index in [9.17, 15) is 13.6 Å². The smallest absolute Gasteiger partial charge is 0.333 e. The van der Waals surface area contributed by atoms with Crippen molar-refractivity contribution in [3.05, 3.63) is 18.0 Å². The minimum atomic E-state index is -2.70. The quantitative estimate of drug-likeness (QED) is 0.857. The molecule has 0 atom stereocenters. The summed E-state index contributed by atoms with van der Waals surface area (Å²) in [5, 5.41) is 3.67. The van der Waals surface area contributed by atoms with Gasteiger partial charge in [0.05, 0.1) is 0 Å². The maximum atomic E-state index is 12.5. The molecule has 0 aliphatic carbocycles. The summed E-state index contributed by atoms with van der Waals surface area (Å²) in [6, 6.07) is 1.37. The predicted molar refractivity (Wildman–Crippen MR) is 82.3 cm³/mol. The van der Waals surface area contributed by atoms with Crippen LogP contribution in [-0.4, -0.2) is 58.7 Å². The third kappa shape index (κ3) is 3.71. The van der Waals surface area contributed by atoms with E-state index in [0.29, 0.717) is 23.7 Å². The van der Waals surface area contributed by atoms with E-state index in [-0.39, 0.29) is 11.6 Å². The first-order chi connectivity index (χ1) is 11.0. The van der Waals surface area contributed by atoms with E-state index in [4.69, 9.17) is 0 Å². The number of carbonyl (C=O) groups excluding carboxylic acids is 1. The zero-order valence-electron chi connectivity index (χ0n) is 13.5. The van der Waals surface area contributed by atoms with Crippen LogP contribution in [-0.2, 0) is 0 Å². The highest BCUT2D eigenvalue weighted by Gasteiger charge is 2.31. The van der Waals surface area contributed by atoms with Crippen LogP contribution in [0.2, 0.25) is 0 Å². The Balaban J connectivity index is 1.52. The fourth-order valence-corrected chi connectivity index (χ4v) is 3.80. The first kappa shape index (κ1) is 16.4. The van der Waals surface area contributed by atoms with Crippen LogP contribution < -0.4 is 0 Å². The fourth-order valence-electron chi connectivity index (χ4n) is 3.80. The second-order valence-electron chi connectivity index (χ2n) is 6.73. The standard InChI is InChI=1S/C16H24F2N4O/c1-20-7-2-12(3-8-20)13-4-9-21(10-5-13)15(23)14-6-11-22(19-14)16(17)18/h6,11-13,16H,2-5,7-10H2,1H3. The highest BCUT2D eigenvalue weighted by atomic mass is 19.3. The van der Waals surface area contributed by atoms with Gasteiger partial charge >= 0.3 is 6.55 Å². The Morgan fingerprint density at radius 2 is 1.70 bits per heavy atom. The maximum Gasteiger partial charge on any atom is 0.333 e. The molecule has 5 nitrogen and oxygen atoms in total. The minimum absolute atomic E-state index is 0.114. The average Bonchev–Trinajstić information content (AvgIpc) is 3.05. The number of nitrogens with zero attached hydrogens (tertiary/aromatic N) is 4. The van der Waals surface area contributed by atoms with Crippen LogP contribution in [0, 0.1) is 11.8 Å². The number of hydrogen-bond acceptors (Lipinski definition) is 3. The molecule has 0 aromatic carbocycles. The summed E-state index contributed by atoms with van der Waals surface area (Å²) in [5.41, 5.74) is 0.114. The van der Waals surface area contributed by atoms with Crippen LogP contribution in [0.4, 0.5) is 8.78 Å². The van der Waals surface area contributed by atoms with Crippen LogP contribution in [0.5, 0.6) is 0 Å². The molecule has 1 aromatic heterocycles. The number of piperidine rings is 2. The zero-order valence-corrected chi connectivity index (χ0v) is 13.5. The van der Waals surface area contributed by atoms with Crippen LogP contribution in [0.15, 0.2) is 12.3 Å². The van der Waals surface area contributed by atoms with Gasteiger partial charge in [0.15, 0.2) is 5.69 Å². The van der Waals surface area contributed by atoms with E-state index < -0.39 is 6.55 Å². The van der Waals surface area contributed by atoms with Crippen LogP contribution in [0.25, 0.3) is 0 Å². The van der Waals surface area contributed by atoms with Gasteiger partial charge in [-0.05, 0) is 63.7 Å². The number of aromatic nitrogens is 2. The van der Waals surface area contributed by atoms with Gasteiger partial charge in [-0.3, -0.25) is 4.79 Å². The second-order valence-corrected chi connectivity index (χ2v) is 6.73. The summed E-state index contributed by atoms with van der Waals surface area (Å²) in [4.78, 5) is 16.5. The van der Waals surface area contributed by atoms with Crippen molar-refractivity contribution in [3.8, 4) is 0 Å². The van der Waals surface area contributed by atoms with E-state index in [2.05, 4.69) is 17.0 Å². The molecule has 23 heavy (non-hydrogen) atoms. The summed E-state index contributed by atoms with van der Waals surface area (Å²) < 4.78 is 25.6. The predicted octanol–water partition coefficient (Wildman–Crippen LogP) is 2.47. The van der Waals surface area contributed by atoms with E-state index in [1.807, 2.05) is 0 Å². The van der Waals surface area contributed by atoms with E-state index in [1.165, 1.54) is 18.9 Å². The first-order valence-corrected chi connectivity index (χ1v) is 8.35. The molecule has 0 saturated carbocycles. The zero-order chi connectivity index (χ0) is 16.4. The molecule has 0 radical (unpaired) electrons. The van der Waals surface area contributed by atoms with Gasteiger partial charge < -0.3 is 9.80 Å². The van der Waals surface area contributed by atoms with Crippen molar-refractivity contribution in [2.45, 2.75) is 32.2 Å². The molecule has 2 saturated heterocycles. The van der Waals surface area contributed by atoms with Gasteiger partial charge in [-0.1, -0.05) is 0 Å². The molecule has 128 valence electrons. The van der Waals surface area contributed by atoms with Crippen molar-refractivity contribution in [2.75, 3.05) is 33.2 Å². The topological polar surface area (TPSA) is 41.4 Å². The molecule has 2 aliphatic heterocycles. The molecule has 0 bridgehead atoms. The SMILES string of the molecule is CN1CCC(C2CCN(C(=O)c3ccn(C(F)F)n3)CC2)CC1. The van der Waals surface area contributed by atoms with Crippen molar-refractivity contribution in [1.82, 2.24) is 19.6 Å². The van der Waals surface area contributed by atoms with Crippen LogP contribution >= 0.6 is 0 Å². The summed E-state index contributed by atoms with van der Waals surface area (Å²) in [7, 11) is 2.16. The lowest BCUT2D eigenvalue weighted by Gasteiger charge is -2.39. The molecule has 0 spiro atoms. The van der Waals surface area contributed by atoms with Crippen molar-refractivity contribution >= 4 is 5.91 Å². The Bertz CT molecular complexity index is 532. The Kier molecular flexibility index (Phi) is 4.94. The van der Waals surface area contributed by atoms with Gasteiger partial charge in [-0.15, -0.1) is 0 Å². The number of amides is 1. The summed E-state index contributed by atoms with van der Waals surface area (Å²) in [6.07, 6.45) is 5.66. The molecular formula is C16H24F2N4O. The van der Waals surface area contributed by atoms with Crippen LogP contribution in [0.3, 0.4) is 0 Å². The molecule has 1 aromatic rings. The second kappa shape index (κ2) is 6.95. The Labute approximate surface area is 135 Å². The molecule has 1 amide bonds. The number of rotatable bonds is 3. The lowest BCUT2D eigenvalue weighted by atomic mass is 9.79. The largest absolute Gasteiger partial charge is 0.337 e. The maximum absolute atomic E-state index is 12.5. The Morgan fingerprint density at radius 3 is 2.22 bits per heavy atom. The summed E-state index contributed by atoms with van der Waals surface area (Å²) >= 11 is 0. The van der Waals surface area contributed by atoms with Crippen molar-refractivity contribution < 1.29 is 13.6 Å². The highest BCUT2D eigenvalue weighted by Crippen LogP contribution is 2.32. The number of carbonyl (C=O) groups is 1. The van der Waals surface area contributed by atoms with Gasteiger partial charge in [-0.2, -0.15) is 13.9 Å². The molecule has 2 fully saturated rings. The van der Waals surface area contributed by atoms with E-state index >= 15 is 0 Å². The third-order valence-corrected chi connectivity index (χ3v) is 5.28. The molecule has 0 unspecified atom stereocenters. The summed E-state index contributed by atoms with van der Waals surface area (Å²) in [6.45, 7) is 1.03. The van der Waals surface area contributed by atoms with Gasteiger partial charge in [0.25, 0.3) is 5.91 Å². The Morgan fingerprint density at radius 1 is 1.13 bits per heavy atom.